The number of piperazine rings is 1. The summed E-state index contributed by atoms with van der Waals surface area (Å²) in [5.41, 5.74) is 1.22. The molecule has 2 saturated heterocycles. The largest absolute Gasteiger partial charge is 0.356 e. The van der Waals surface area contributed by atoms with Crippen LogP contribution < -0.4 is 9.80 Å². The average molecular weight is 420 g/mol. The van der Waals surface area contributed by atoms with Gasteiger partial charge in [0, 0.05) is 52.4 Å². The minimum atomic E-state index is -3.56. The molecule has 0 bridgehead atoms. The van der Waals surface area contributed by atoms with Crippen LogP contribution >= 0.6 is 0 Å². The molecule has 0 radical (unpaired) electrons. The number of anilines is 2. The quantitative estimate of drug-likeness (QED) is 0.737. The van der Waals surface area contributed by atoms with Crippen molar-refractivity contribution in [1.82, 2.24) is 24.1 Å². The molecule has 0 atom stereocenters. The Hall–Kier alpha value is -2.20. The van der Waals surface area contributed by atoms with Crippen molar-refractivity contribution in [2.24, 2.45) is 7.05 Å². The lowest BCUT2D eigenvalue weighted by molar-refractivity contribution is 0.383. The van der Waals surface area contributed by atoms with E-state index in [9.17, 15) is 8.42 Å². The van der Waals surface area contributed by atoms with Crippen molar-refractivity contribution in [1.29, 1.82) is 0 Å². The Labute approximate surface area is 172 Å². The van der Waals surface area contributed by atoms with Crippen LogP contribution in [0.2, 0.25) is 0 Å². The molecule has 0 spiro atoms. The molecule has 2 aliphatic rings. The molecule has 10 heteroatoms. The monoisotopic (exact) mass is 419 g/mol. The SMILES string of the molecule is Cc1nc(N2CCCC2)cc(N2CCN(S(=O)(=O)c3c(C)nn(C)c3C)CC2)n1. The lowest BCUT2D eigenvalue weighted by atomic mass is 10.3. The van der Waals surface area contributed by atoms with E-state index in [0.29, 0.717) is 42.5 Å². The second-order valence-electron chi connectivity index (χ2n) is 7.84. The first-order chi connectivity index (χ1) is 13.8. The van der Waals surface area contributed by atoms with E-state index in [0.717, 1.165) is 30.5 Å². The van der Waals surface area contributed by atoms with E-state index in [1.54, 1.807) is 29.9 Å². The summed E-state index contributed by atoms with van der Waals surface area (Å²) in [6.45, 7) is 9.60. The average Bonchev–Trinajstić information content (AvgIpc) is 3.30. The first kappa shape index (κ1) is 20.1. The summed E-state index contributed by atoms with van der Waals surface area (Å²) in [6, 6.07) is 2.04. The summed E-state index contributed by atoms with van der Waals surface area (Å²) in [5, 5.41) is 4.27. The van der Waals surface area contributed by atoms with Gasteiger partial charge in [0.1, 0.15) is 22.4 Å². The van der Waals surface area contributed by atoms with Crippen LogP contribution in [0.4, 0.5) is 11.6 Å². The zero-order valence-electron chi connectivity index (χ0n) is 17.6. The topological polar surface area (TPSA) is 87.5 Å². The van der Waals surface area contributed by atoms with E-state index in [-0.39, 0.29) is 0 Å². The molecule has 0 aromatic carbocycles. The molecule has 158 valence electrons. The summed E-state index contributed by atoms with van der Waals surface area (Å²) < 4.78 is 29.6. The zero-order chi connectivity index (χ0) is 20.8. The second kappa shape index (κ2) is 7.56. The molecule has 2 aromatic rings. The van der Waals surface area contributed by atoms with Gasteiger partial charge in [-0.05, 0) is 33.6 Å². The lowest BCUT2D eigenvalue weighted by Gasteiger charge is -2.35. The van der Waals surface area contributed by atoms with Crippen molar-refractivity contribution in [2.75, 3.05) is 49.1 Å². The molecule has 29 heavy (non-hydrogen) atoms. The number of nitrogens with zero attached hydrogens (tertiary/aromatic N) is 7. The van der Waals surface area contributed by atoms with Gasteiger partial charge in [0.25, 0.3) is 0 Å². The normalized spacial score (nSPS) is 18.6. The molecule has 2 aromatic heterocycles. The molecule has 0 saturated carbocycles. The molecule has 0 unspecified atom stereocenters. The summed E-state index contributed by atoms with van der Waals surface area (Å²) >= 11 is 0. The highest BCUT2D eigenvalue weighted by Gasteiger charge is 2.33. The van der Waals surface area contributed by atoms with Crippen LogP contribution in [-0.2, 0) is 17.1 Å². The third-order valence-corrected chi connectivity index (χ3v) is 8.00. The molecule has 0 N–H and O–H groups in total. The van der Waals surface area contributed by atoms with Crippen LogP contribution in [0, 0.1) is 20.8 Å². The number of aryl methyl sites for hydroxylation is 3. The van der Waals surface area contributed by atoms with Crippen molar-refractivity contribution in [3.8, 4) is 0 Å². The number of hydrogen-bond donors (Lipinski definition) is 0. The standard InChI is InChI=1S/C19H29N7O2S/c1-14-19(15(2)23(4)22-14)29(27,28)26-11-9-25(10-12-26)18-13-17(20-16(3)21-18)24-7-5-6-8-24/h13H,5-12H2,1-4H3. The minimum Gasteiger partial charge on any atom is -0.356 e. The number of aromatic nitrogens is 4. The minimum absolute atomic E-state index is 0.336. The summed E-state index contributed by atoms with van der Waals surface area (Å²) in [4.78, 5) is 14.0. The summed E-state index contributed by atoms with van der Waals surface area (Å²) in [5.74, 6) is 2.60. The fraction of sp³-hybridized carbons (Fsp3) is 0.632. The molecule has 0 amide bonds. The van der Waals surface area contributed by atoms with Gasteiger partial charge in [0.2, 0.25) is 10.0 Å². The van der Waals surface area contributed by atoms with Crippen LogP contribution in [0.15, 0.2) is 11.0 Å². The van der Waals surface area contributed by atoms with Crippen molar-refractivity contribution < 1.29 is 8.42 Å². The Morgan fingerprint density at radius 3 is 1.93 bits per heavy atom. The summed E-state index contributed by atoms with van der Waals surface area (Å²) in [7, 11) is -1.78. The van der Waals surface area contributed by atoms with E-state index in [1.165, 1.54) is 12.8 Å². The van der Waals surface area contributed by atoms with Crippen LogP contribution in [0.5, 0.6) is 0 Å². The highest BCUT2D eigenvalue weighted by atomic mass is 32.2. The lowest BCUT2D eigenvalue weighted by Crippen LogP contribution is -2.49. The van der Waals surface area contributed by atoms with Crippen LogP contribution in [0.3, 0.4) is 0 Å². The van der Waals surface area contributed by atoms with Crippen LogP contribution in [-0.4, -0.2) is 71.7 Å². The van der Waals surface area contributed by atoms with E-state index >= 15 is 0 Å². The van der Waals surface area contributed by atoms with Gasteiger partial charge in [-0.25, -0.2) is 18.4 Å². The maximum Gasteiger partial charge on any atom is 0.246 e. The maximum atomic E-state index is 13.2. The molecular weight excluding hydrogens is 390 g/mol. The van der Waals surface area contributed by atoms with Crippen molar-refractivity contribution >= 4 is 21.7 Å². The number of sulfonamides is 1. The van der Waals surface area contributed by atoms with Gasteiger partial charge in [-0.1, -0.05) is 0 Å². The highest BCUT2D eigenvalue weighted by molar-refractivity contribution is 7.89. The van der Waals surface area contributed by atoms with E-state index in [2.05, 4.69) is 24.9 Å². The summed E-state index contributed by atoms with van der Waals surface area (Å²) in [6.07, 6.45) is 2.39. The Kier molecular flexibility index (Phi) is 5.24. The van der Waals surface area contributed by atoms with Crippen LogP contribution in [0.25, 0.3) is 0 Å². The first-order valence-electron chi connectivity index (χ1n) is 10.1. The molecular formula is C19H29N7O2S. The van der Waals surface area contributed by atoms with Gasteiger partial charge in [0.15, 0.2) is 0 Å². The molecule has 2 fully saturated rings. The van der Waals surface area contributed by atoms with Gasteiger partial charge in [-0.2, -0.15) is 9.40 Å². The first-order valence-corrected chi connectivity index (χ1v) is 11.6. The maximum absolute atomic E-state index is 13.2. The van der Waals surface area contributed by atoms with Gasteiger partial charge in [0.05, 0.1) is 11.4 Å². The fourth-order valence-electron chi connectivity index (χ4n) is 4.22. The van der Waals surface area contributed by atoms with E-state index in [4.69, 9.17) is 0 Å². The predicted molar refractivity (Wildman–Crippen MR) is 112 cm³/mol. The van der Waals surface area contributed by atoms with E-state index in [1.807, 2.05) is 13.0 Å². The molecule has 4 heterocycles. The Balaban J connectivity index is 1.51. The molecule has 2 aliphatic heterocycles. The molecule has 0 aliphatic carbocycles. The van der Waals surface area contributed by atoms with E-state index < -0.39 is 10.0 Å². The number of rotatable bonds is 4. The van der Waals surface area contributed by atoms with Crippen molar-refractivity contribution in [3.63, 3.8) is 0 Å². The van der Waals surface area contributed by atoms with Gasteiger partial charge >= 0.3 is 0 Å². The predicted octanol–water partition coefficient (Wildman–Crippen LogP) is 1.25. The Bertz CT molecular complexity index is 1000. The van der Waals surface area contributed by atoms with Gasteiger partial charge < -0.3 is 9.80 Å². The van der Waals surface area contributed by atoms with Crippen molar-refractivity contribution in [3.05, 3.63) is 23.3 Å². The number of hydrogen-bond acceptors (Lipinski definition) is 7. The fourth-order valence-corrected chi connectivity index (χ4v) is 6.04. The highest BCUT2D eigenvalue weighted by Crippen LogP contribution is 2.27. The van der Waals surface area contributed by atoms with Crippen molar-refractivity contribution in [2.45, 2.75) is 38.5 Å². The second-order valence-corrected chi connectivity index (χ2v) is 9.72. The van der Waals surface area contributed by atoms with Crippen LogP contribution in [0.1, 0.15) is 30.1 Å². The smallest absolute Gasteiger partial charge is 0.246 e. The van der Waals surface area contributed by atoms with Gasteiger partial charge in [-0.3, -0.25) is 4.68 Å². The third kappa shape index (κ3) is 3.71. The Morgan fingerprint density at radius 2 is 1.41 bits per heavy atom. The Morgan fingerprint density at radius 1 is 0.862 bits per heavy atom. The molecule has 4 rings (SSSR count). The van der Waals surface area contributed by atoms with Gasteiger partial charge in [-0.15, -0.1) is 0 Å². The third-order valence-electron chi connectivity index (χ3n) is 5.84. The zero-order valence-corrected chi connectivity index (χ0v) is 18.4. The molecule has 9 nitrogen and oxygen atoms in total.